The summed E-state index contributed by atoms with van der Waals surface area (Å²) in [4.78, 5) is 26.7. The van der Waals surface area contributed by atoms with Crippen molar-refractivity contribution in [3.63, 3.8) is 0 Å². The molecule has 1 heterocycles. The first-order valence-electron chi connectivity index (χ1n) is 9.02. The molecule has 1 saturated heterocycles. The summed E-state index contributed by atoms with van der Waals surface area (Å²) < 4.78 is 18.4. The molecule has 0 N–H and O–H groups in total. The zero-order valence-electron chi connectivity index (χ0n) is 16.7. The number of hydrogen-bond acceptors (Lipinski definition) is 5. The summed E-state index contributed by atoms with van der Waals surface area (Å²) in [5.41, 5.74) is -0.572. The van der Waals surface area contributed by atoms with Crippen LogP contribution in [0.2, 0.25) is 0 Å². The number of ether oxygens (including phenoxy) is 1. The van der Waals surface area contributed by atoms with Crippen LogP contribution < -0.4 is 0 Å². The van der Waals surface area contributed by atoms with E-state index in [1.54, 1.807) is 26.1 Å². The first-order valence-corrected chi connectivity index (χ1v) is 10.1. The van der Waals surface area contributed by atoms with E-state index in [4.69, 9.17) is 14.0 Å². The molecule has 0 aliphatic carbocycles. The smallest absolute Gasteiger partial charge is 0.466 e. The minimum Gasteiger partial charge on any atom is -0.466 e. The second kappa shape index (κ2) is 8.49. The maximum absolute atomic E-state index is 13.0. The molecule has 8 heteroatoms. The Balaban J connectivity index is 2.27. The Morgan fingerprint density at radius 2 is 1.67 bits per heavy atom. The molecule has 0 unspecified atom stereocenters. The van der Waals surface area contributed by atoms with E-state index in [1.807, 2.05) is 39.8 Å². The van der Waals surface area contributed by atoms with Crippen molar-refractivity contribution in [1.82, 2.24) is 4.90 Å². The van der Waals surface area contributed by atoms with E-state index in [2.05, 4.69) is 22.6 Å². The molecule has 0 radical (unpaired) electrons. The summed E-state index contributed by atoms with van der Waals surface area (Å²) in [6.45, 7) is 9.79. The van der Waals surface area contributed by atoms with Crippen molar-refractivity contribution in [3.05, 3.63) is 33.4 Å². The van der Waals surface area contributed by atoms with E-state index in [1.165, 1.54) is 4.90 Å². The van der Waals surface area contributed by atoms with Crippen LogP contribution in [-0.4, -0.2) is 54.7 Å². The zero-order chi connectivity index (χ0) is 20.4. The third-order valence-electron chi connectivity index (χ3n) is 5.18. The fourth-order valence-corrected chi connectivity index (χ4v) is 3.16. The lowest BCUT2D eigenvalue weighted by Gasteiger charge is -2.32. The van der Waals surface area contributed by atoms with Crippen LogP contribution >= 0.6 is 22.6 Å². The summed E-state index contributed by atoms with van der Waals surface area (Å²) >= 11 is 2.19. The quantitative estimate of drug-likeness (QED) is 0.350. The monoisotopic (exact) mass is 487 g/mol. The van der Waals surface area contributed by atoms with Gasteiger partial charge < -0.3 is 18.9 Å². The summed E-state index contributed by atoms with van der Waals surface area (Å²) in [6, 6.07) is 7.28. The lowest BCUT2D eigenvalue weighted by molar-refractivity contribution is -0.143. The molecule has 0 bridgehead atoms. The van der Waals surface area contributed by atoms with E-state index in [0.717, 1.165) is 3.57 Å². The van der Waals surface area contributed by atoms with Crippen molar-refractivity contribution in [2.24, 2.45) is 0 Å². The molecule has 1 aromatic rings. The first-order chi connectivity index (χ1) is 12.5. The number of carbonyl (C=O) groups excluding carboxylic acids is 2. The molecule has 2 rings (SSSR count). The van der Waals surface area contributed by atoms with E-state index in [-0.39, 0.29) is 24.9 Å². The van der Waals surface area contributed by atoms with Crippen molar-refractivity contribution in [3.8, 4) is 0 Å². The molecule has 1 aliphatic heterocycles. The van der Waals surface area contributed by atoms with Crippen LogP contribution in [0.1, 0.15) is 51.4 Å². The Morgan fingerprint density at radius 1 is 1.15 bits per heavy atom. The van der Waals surface area contributed by atoms with E-state index >= 15 is 0 Å². The molecule has 6 nitrogen and oxygen atoms in total. The van der Waals surface area contributed by atoms with Gasteiger partial charge in [0.1, 0.15) is 0 Å². The van der Waals surface area contributed by atoms with E-state index in [9.17, 15) is 9.59 Å². The van der Waals surface area contributed by atoms with Crippen molar-refractivity contribution < 1.29 is 23.6 Å². The van der Waals surface area contributed by atoms with Crippen LogP contribution in [0.15, 0.2) is 24.3 Å². The molecule has 1 aromatic carbocycles. The Kier molecular flexibility index (Phi) is 6.97. The second-order valence-electron chi connectivity index (χ2n) is 7.62. The Bertz CT molecular complexity index is 676. The van der Waals surface area contributed by atoms with Gasteiger partial charge >= 0.3 is 13.1 Å². The maximum atomic E-state index is 13.0. The number of halogens is 1. The third kappa shape index (κ3) is 5.03. The highest BCUT2D eigenvalue weighted by atomic mass is 127. The Hall–Kier alpha value is -1.13. The third-order valence-corrected chi connectivity index (χ3v) is 5.89. The molecule has 148 valence electrons. The van der Waals surface area contributed by atoms with Crippen molar-refractivity contribution in [2.45, 2.75) is 58.2 Å². The van der Waals surface area contributed by atoms with Crippen LogP contribution in [0.4, 0.5) is 0 Å². The average Bonchev–Trinajstić information content (AvgIpc) is 2.80. The lowest BCUT2D eigenvalue weighted by Crippen LogP contribution is -2.50. The van der Waals surface area contributed by atoms with Gasteiger partial charge in [-0.15, -0.1) is 0 Å². The Labute approximate surface area is 175 Å². The van der Waals surface area contributed by atoms with Gasteiger partial charge in [-0.2, -0.15) is 0 Å². The number of esters is 1. The Morgan fingerprint density at radius 3 is 2.15 bits per heavy atom. The summed E-state index contributed by atoms with van der Waals surface area (Å²) in [5, 5.41) is 0. The van der Waals surface area contributed by atoms with Gasteiger partial charge in [-0.3, -0.25) is 9.59 Å². The van der Waals surface area contributed by atoms with Crippen LogP contribution in [0.3, 0.4) is 0 Å². The number of hydrogen-bond donors (Lipinski definition) is 0. The minimum atomic E-state index is -0.725. The van der Waals surface area contributed by atoms with Crippen LogP contribution in [0.25, 0.3) is 0 Å². The van der Waals surface area contributed by atoms with Crippen LogP contribution in [-0.2, 0) is 18.8 Å². The van der Waals surface area contributed by atoms with Crippen LogP contribution in [0.5, 0.6) is 0 Å². The van der Waals surface area contributed by atoms with Gasteiger partial charge in [0.05, 0.1) is 30.2 Å². The standard InChI is InChI=1S/C19H27BINO5/c1-7-25-16(23)12-15(20-26-18(2,3)19(4,5)27-20)22(6)17(24)13-8-10-14(21)11-9-13/h8-11,15H,7,12H2,1-6H3/t15-/m0/s1. The van der Waals surface area contributed by atoms with Crippen molar-refractivity contribution in [1.29, 1.82) is 0 Å². The molecule has 1 fully saturated rings. The lowest BCUT2D eigenvalue weighted by atomic mass is 9.75. The second-order valence-corrected chi connectivity index (χ2v) is 8.87. The first kappa shape index (κ1) is 22.2. The largest absolute Gasteiger partial charge is 0.482 e. The highest BCUT2D eigenvalue weighted by Gasteiger charge is 2.55. The van der Waals surface area contributed by atoms with Crippen LogP contribution in [0, 0.1) is 3.57 Å². The van der Waals surface area contributed by atoms with Gasteiger partial charge in [0, 0.05) is 16.2 Å². The molecule has 1 atom stereocenters. The minimum absolute atomic E-state index is 0.00270. The predicted molar refractivity (Wildman–Crippen MR) is 112 cm³/mol. The number of rotatable bonds is 6. The zero-order valence-corrected chi connectivity index (χ0v) is 18.9. The average molecular weight is 487 g/mol. The van der Waals surface area contributed by atoms with E-state index < -0.39 is 24.3 Å². The highest BCUT2D eigenvalue weighted by molar-refractivity contribution is 14.1. The summed E-state index contributed by atoms with van der Waals surface area (Å²) in [6.07, 6.45) is -0.00270. The molecule has 1 amide bonds. The van der Waals surface area contributed by atoms with Gasteiger partial charge in [0.25, 0.3) is 5.91 Å². The molecule has 1 aliphatic rings. The molecule has 0 spiro atoms. The van der Waals surface area contributed by atoms with Crippen molar-refractivity contribution in [2.75, 3.05) is 13.7 Å². The van der Waals surface area contributed by atoms with Gasteiger partial charge in [-0.05, 0) is 81.5 Å². The number of carbonyl (C=O) groups is 2. The fourth-order valence-electron chi connectivity index (χ4n) is 2.80. The number of amides is 1. The molecular formula is C19H27BINO5. The van der Waals surface area contributed by atoms with Gasteiger partial charge in [0.15, 0.2) is 0 Å². The van der Waals surface area contributed by atoms with Gasteiger partial charge in [-0.1, -0.05) is 0 Å². The van der Waals surface area contributed by atoms with Gasteiger partial charge in [-0.25, -0.2) is 0 Å². The normalized spacial score (nSPS) is 18.9. The fraction of sp³-hybridized carbons (Fsp3) is 0.579. The molecule has 0 aromatic heterocycles. The number of nitrogens with zero attached hydrogens (tertiary/aromatic N) is 1. The van der Waals surface area contributed by atoms with Crippen molar-refractivity contribution >= 4 is 41.6 Å². The topological polar surface area (TPSA) is 65.1 Å². The summed E-state index contributed by atoms with van der Waals surface area (Å²) in [7, 11) is 0.937. The highest BCUT2D eigenvalue weighted by Crippen LogP contribution is 2.38. The number of benzene rings is 1. The predicted octanol–water partition coefficient (Wildman–Crippen LogP) is 3.32. The molecule has 27 heavy (non-hydrogen) atoms. The SMILES string of the molecule is CCOC(=O)C[C@@H](B1OC(C)(C)C(C)(C)O1)N(C)C(=O)c1ccc(I)cc1. The van der Waals surface area contributed by atoms with E-state index in [0.29, 0.717) is 5.56 Å². The summed E-state index contributed by atoms with van der Waals surface area (Å²) in [5.74, 6) is -1.19. The molecular weight excluding hydrogens is 460 g/mol. The van der Waals surface area contributed by atoms with Gasteiger partial charge in [0.2, 0.25) is 0 Å². The maximum Gasteiger partial charge on any atom is 0.482 e. The molecule has 0 saturated carbocycles.